The lowest BCUT2D eigenvalue weighted by molar-refractivity contribution is -0.0991. The molecule has 3 nitrogen and oxygen atoms in total. The van der Waals surface area contributed by atoms with Crippen LogP contribution in [0.1, 0.15) is 10.4 Å². The number of halogens is 2. The predicted molar refractivity (Wildman–Crippen MR) is 69.2 cm³/mol. The maximum atomic E-state index is 12.2. The van der Waals surface area contributed by atoms with E-state index in [4.69, 9.17) is 9.47 Å². The summed E-state index contributed by atoms with van der Waals surface area (Å²) in [5, 5.41) is 0. The lowest BCUT2D eigenvalue weighted by Crippen LogP contribution is -2.40. The lowest BCUT2D eigenvalue weighted by Gasteiger charge is -2.26. The molecule has 0 unspecified atom stereocenters. The summed E-state index contributed by atoms with van der Waals surface area (Å²) in [6.07, 6.45) is -0.708. The number of hydrogen-bond donors (Lipinski definition) is 0. The standard InChI is InChI=1S/C11H12Br2O3/c1-15-10(16-2)11(12,13)9(14)8-6-4-3-5-7-8/h3-7,10H,1-2H3. The average molecular weight is 352 g/mol. The fraction of sp³-hybridized carbons (Fsp3) is 0.364. The third kappa shape index (κ3) is 2.91. The summed E-state index contributed by atoms with van der Waals surface area (Å²) < 4.78 is 9.06. The van der Waals surface area contributed by atoms with E-state index in [9.17, 15) is 4.79 Å². The monoisotopic (exact) mass is 350 g/mol. The van der Waals surface area contributed by atoms with Gasteiger partial charge in [0.2, 0.25) is 0 Å². The van der Waals surface area contributed by atoms with E-state index in [1.54, 1.807) is 24.3 Å². The van der Waals surface area contributed by atoms with E-state index in [0.29, 0.717) is 5.56 Å². The number of carbonyl (C=O) groups excluding carboxylic acids is 1. The molecular formula is C11H12Br2O3. The Kier molecular flexibility index (Phi) is 5.11. The Bertz CT molecular complexity index is 348. The van der Waals surface area contributed by atoms with Gasteiger partial charge in [-0.2, -0.15) is 0 Å². The largest absolute Gasteiger partial charge is 0.353 e. The van der Waals surface area contributed by atoms with Gasteiger partial charge in [-0.05, 0) is 0 Å². The molecule has 0 aliphatic carbocycles. The van der Waals surface area contributed by atoms with Gasteiger partial charge in [0.25, 0.3) is 0 Å². The molecule has 0 atom stereocenters. The Morgan fingerprint density at radius 3 is 2.12 bits per heavy atom. The maximum absolute atomic E-state index is 12.2. The summed E-state index contributed by atoms with van der Waals surface area (Å²) in [6, 6.07) is 8.94. The number of alkyl halides is 2. The summed E-state index contributed by atoms with van der Waals surface area (Å²) >= 11 is 6.58. The summed E-state index contributed by atoms with van der Waals surface area (Å²) in [6.45, 7) is 0. The number of benzene rings is 1. The van der Waals surface area contributed by atoms with Crippen LogP contribution in [0.2, 0.25) is 0 Å². The summed E-state index contributed by atoms with van der Waals surface area (Å²) in [5.74, 6) is -0.151. The highest BCUT2D eigenvalue weighted by Gasteiger charge is 2.42. The van der Waals surface area contributed by atoms with Crippen molar-refractivity contribution in [1.82, 2.24) is 0 Å². The Balaban J connectivity index is 2.96. The Morgan fingerprint density at radius 2 is 1.69 bits per heavy atom. The number of ether oxygens (including phenoxy) is 2. The van der Waals surface area contributed by atoms with Crippen LogP contribution in [-0.4, -0.2) is 29.5 Å². The summed E-state index contributed by atoms with van der Waals surface area (Å²) in [5.41, 5.74) is 0.579. The minimum atomic E-state index is -1.08. The van der Waals surface area contributed by atoms with E-state index >= 15 is 0 Å². The SMILES string of the molecule is COC(OC)C(Br)(Br)C(=O)c1ccccc1. The Hall–Kier alpha value is -0.230. The highest BCUT2D eigenvalue weighted by atomic mass is 79.9. The molecule has 0 spiro atoms. The zero-order valence-electron chi connectivity index (χ0n) is 8.94. The number of hydrogen-bond acceptors (Lipinski definition) is 3. The minimum Gasteiger partial charge on any atom is -0.353 e. The summed E-state index contributed by atoms with van der Waals surface area (Å²) in [7, 11) is 2.95. The van der Waals surface area contributed by atoms with Gasteiger partial charge in [-0.3, -0.25) is 4.79 Å². The van der Waals surface area contributed by atoms with E-state index in [1.165, 1.54) is 14.2 Å². The molecule has 0 amide bonds. The molecule has 0 saturated carbocycles. The molecule has 0 N–H and O–H groups in total. The van der Waals surface area contributed by atoms with Crippen LogP contribution >= 0.6 is 31.9 Å². The third-order valence-electron chi connectivity index (χ3n) is 2.06. The van der Waals surface area contributed by atoms with E-state index in [-0.39, 0.29) is 5.78 Å². The van der Waals surface area contributed by atoms with Gasteiger partial charge in [0.1, 0.15) is 0 Å². The molecule has 88 valence electrons. The van der Waals surface area contributed by atoms with E-state index < -0.39 is 9.52 Å². The highest BCUT2D eigenvalue weighted by molar-refractivity contribution is 9.26. The van der Waals surface area contributed by atoms with Crippen LogP contribution in [0.15, 0.2) is 30.3 Å². The molecule has 0 fully saturated rings. The van der Waals surface area contributed by atoms with Gasteiger partial charge >= 0.3 is 0 Å². The number of methoxy groups -OCH3 is 2. The first-order chi connectivity index (χ1) is 7.54. The molecule has 16 heavy (non-hydrogen) atoms. The van der Waals surface area contributed by atoms with Gasteiger partial charge < -0.3 is 9.47 Å². The van der Waals surface area contributed by atoms with Crippen LogP contribution < -0.4 is 0 Å². The minimum absolute atomic E-state index is 0.151. The number of Topliss-reactive ketones (excluding diaryl/α,β-unsaturated/α-hetero) is 1. The fourth-order valence-electron chi connectivity index (χ4n) is 1.28. The van der Waals surface area contributed by atoms with E-state index in [2.05, 4.69) is 31.9 Å². The second-order valence-corrected chi connectivity index (χ2v) is 6.69. The van der Waals surface area contributed by atoms with Crippen molar-refractivity contribution in [3.63, 3.8) is 0 Å². The average Bonchev–Trinajstić information content (AvgIpc) is 2.30. The van der Waals surface area contributed by atoms with Crippen molar-refractivity contribution in [2.24, 2.45) is 0 Å². The Morgan fingerprint density at radius 1 is 1.19 bits per heavy atom. The van der Waals surface area contributed by atoms with Crippen molar-refractivity contribution in [1.29, 1.82) is 0 Å². The van der Waals surface area contributed by atoms with Crippen molar-refractivity contribution >= 4 is 37.6 Å². The number of carbonyl (C=O) groups is 1. The normalized spacial score (nSPS) is 11.8. The Labute approximate surface area is 111 Å². The van der Waals surface area contributed by atoms with Gasteiger partial charge in [-0.1, -0.05) is 62.2 Å². The molecule has 0 aliphatic rings. The van der Waals surface area contributed by atoms with Crippen LogP contribution in [0.3, 0.4) is 0 Å². The van der Waals surface area contributed by atoms with E-state index in [0.717, 1.165) is 0 Å². The van der Waals surface area contributed by atoms with Crippen LogP contribution in [0.25, 0.3) is 0 Å². The van der Waals surface area contributed by atoms with Gasteiger partial charge in [0, 0.05) is 19.8 Å². The highest BCUT2D eigenvalue weighted by Crippen LogP contribution is 2.35. The topological polar surface area (TPSA) is 35.5 Å². The first-order valence-corrected chi connectivity index (χ1v) is 6.16. The molecule has 1 rings (SSSR count). The van der Waals surface area contributed by atoms with Crippen LogP contribution in [0.4, 0.5) is 0 Å². The predicted octanol–water partition coefficient (Wildman–Crippen LogP) is 2.97. The third-order valence-corrected chi connectivity index (χ3v) is 3.53. The van der Waals surface area contributed by atoms with Gasteiger partial charge in [0.15, 0.2) is 15.3 Å². The first kappa shape index (κ1) is 13.8. The molecule has 0 radical (unpaired) electrons. The zero-order valence-corrected chi connectivity index (χ0v) is 12.1. The fourth-order valence-corrected chi connectivity index (χ4v) is 2.49. The molecule has 0 saturated heterocycles. The van der Waals surface area contributed by atoms with Crippen LogP contribution in [0.5, 0.6) is 0 Å². The maximum Gasteiger partial charge on any atom is 0.195 e. The zero-order chi connectivity index (χ0) is 12.2. The smallest absolute Gasteiger partial charge is 0.195 e. The van der Waals surface area contributed by atoms with Crippen molar-refractivity contribution in [3.05, 3.63) is 35.9 Å². The van der Waals surface area contributed by atoms with Gasteiger partial charge in [-0.15, -0.1) is 0 Å². The molecule has 0 aliphatic heterocycles. The molecule has 1 aromatic rings. The molecule has 0 aromatic heterocycles. The lowest BCUT2D eigenvalue weighted by atomic mass is 10.1. The van der Waals surface area contributed by atoms with Crippen LogP contribution in [0, 0.1) is 0 Å². The molecule has 0 bridgehead atoms. The summed E-state index contributed by atoms with van der Waals surface area (Å²) in [4.78, 5) is 12.2. The second-order valence-electron chi connectivity index (χ2n) is 3.12. The van der Waals surface area contributed by atoms with Gasteiger partial charge in [-0.25, -0.2) is 0 Å². The van der Waals surface area contributed by atoms with Gasteiger partial charge in [0.05, 0.1) is 0 Å². The molecule has 5 heteroatoms. The quantitative estimate of drug-likeness (QED) is 0.464. The van der Waals surface area contributed by atoms with Crippen LogP contribution in [-0.2, 0) is 9.47 Å². The molecular weight excluding hydrogens is 340 g/mol. The first-order valence-electron chi connectivity index (χ1n) is 4.57. The van der Waals surface area contributed by atoms with E-state index in [1.807, 2.05) is 6.07 Å². The van der Waals surface area contributed by atoms with Crippen molar-refractivity contribution in [3.8, 4) is 0 Å². The number of ketones is 1. The number of rotatable bonds is 5. The molecule has 1 aromatic carbocycles. The second kappa shape index (κ2) is 5.91. The van der Waals surface area contributed by atoms with Crippen molar-refractivity contribution in [2.45, 2.75) is 9.52 Å². The molecule has 0 heterocycles. The van der Waals surface area contributed by atoms with Crippen molar-refractivity contribution in [2.75, 3.05) is 14.2 Å². The van der Waals surface area contributed by atoms with Crippen molar-refractivity contribution < 1.29 is 14.3 Å².